The normalized spacial score (nSPS) is 11.9. The molecule has 3 N–H and O–H groups in total. The standard InChI is InChI=1S/C11H14F3NO3/c12-11(13,14)18-10-4-2-1-3-8(10)5-15-9(6-16)7-17/h1-4,9,15-17H,5-7H2. The molecule has 1 aromatic carbocycles. The van der Waals surface area contributed by atoms with Crippen molar-refractivity contribution in [1.82, 2.24) is 5.32 Å². The molecule has 7 heteroatoms. The average Bonchev–Trinajstić information content (AvgIpc) is 2.30. The van der Waals surface area contributed by atoms with Crippen LogP contribution in [0.2, 0.25) is 0 Å². The lowest BCUT2D eigenvalue weighted by Crippen LogP contribution is -2.35. The van der Waals surface area contributed by atoms with E-state index in [4.69, 9.17) is 10.2 Å². The Morgan fingerprint density at radius 2 is 1.78 bits per heavy atom. The van der Waals surface area contributed by atoms with E-state index in [1.54, 1.807) is 6.07 Å². The van der Waals surface area contributed by atoms with E-state index in [1.807, 2.05) is 0 Å². The minimum Gasteiger partial charge on any atom is -0.405 e. The summed E-state index contributed by atoms with van der Waals surface area (Å²) >= 11 is 0. The molecule has 0 aliphatic carbocycles. The van der Waals surface area contributed by atoms with E-state index in [0.717, 1.165) is 0 Å². The number of halogens is 3. The number of nitrogens with one attached hydrogen (secondary N) is 1. The van der Waals surface area contributed by atoms with Crippen molar-refractivity contribution in [2.45, 2.75) is 18.9 Å². The van der Waals surface area contributed by atoms with Crippen LogP contribution in [-0.4, -0.2) is 35.8 Å². The van der Waals surface area contributed by atoms with E-state index in [2.05, 4.69) is 10.1 Å². The molecule has 0 saturated heterocycles. The molecule has 0 atom stereocenters. The van der Waals surface area contributed by atoms with Gasteiger partial charge in [-0.2, -0.15) is 0 Å². The van der Waals surface area contributed by atoms with Crippen molar-refractivity contribution in [3.05, 3.63) is 29.8 Å². The second-order valence-corrected chi connectivity index (χ2v) is 3.60. The number of para-hydroxylation sites is 1. The molecule has 4 nitrogen and oxygen atoms in total. The van der Waals surface area contributed by atoms with Gasteiger partial charge in [0.1, 0.15) is 5.75 Å². The van der Waals surface area contributed by atoms with E-state index >= 15 is 0 Å². The molecule has 0 bridgehead atoms. The van der Waals surface area contributed by atoms with Crippen molar-refractivity contribution in [1.29, 1.82) is 0 Å². The Bertz CT molecular complexity index is 367. The van der Waals surface area contributed by atoms with Crippen LogP contribution in [-0.2, 0) is 6.54 Å². The number of hydrogen-bond acceptors (Lipinski definition) is 4. The molecule has 1 rings (SSSR count). The molecular weight excluding hydrogens is 251 g/mol. The molecule has 0 heterocycles. The van der Waals surface area contributed by atoms with E-state index in [-0.39, 0.29) is 25.5 Å². The topological polar surface area (TPSA) is 61.7 Å². The largest absolute Gasteiger partial charge is 0.573 e. The monoisotopic (exact) mass is 265 g/mol. The van der Waals surface area contributed by atoms with Gasteiger partial charge in [0.05, 0.1) is 19.3 Å². The highest BCUT2D eigenvalue weighted by atomic mass is 19.4. The third kappa shape index (κ3) is 4.91. The van der Waals surface area contributed by atoms with Crippen LogP contribution in [0.4, 0.5) is 13.2 Å². The second-order valence-electron chi connectivity index (χ2n) is 3.60. The molecule has 0 spiro atoms. The number of ether oxygens (including phenoxy) is 1. The van der Waals surface area contributed by atoms with Crippen molar-refractivity contribution in [2.24, 2.45) is 0 Å². The van der Waals surface area contributed by atoms with Crippen LogP contribution in [0.3, 0.4) is 0 Å². The third-order valence-electron chi connectivity index (χ3n) is 2.22. The van der Waals surface area contributed by atoms with Gasteiger partial charge in [-0.05, 0) is 6.07 Å². The first-order valence-electron chi connectivity index (χ1n) is 5.25. The number of alkyl halides is 3. The van der Waals surface area contributed by atoms with Crippen LogP contribution in [0.5, 0.6) is 5.75 Å². The smallest absolute Gasteiger partial charge is 0.405 e. The number of aliphatic hydroxyl groups is 2. The second kappa shape index (κ2) is 6.58. The highest BCUT2D eigenvalue weighted by Crippen LogP contribution is 2.26. The highest BCUT2D eigenvalue weighted by Gasteiger charge is 2.31. The fourth-order valence-electron chi connectivity index (χ4n) is 1.32. The van der Waals surface area contributed by atoms with Crippen molar-refractivity contribution >= 4 is 0 Å². The summed E-state index contributed by atoms with van der Waals surface area (Å²) in [5.74, 6) is -0.299. The number of benzene rings is 1. The summed E-state index contributed by atoms with van der Waals surface area (Å²) in [6, 6.07) is 5.11. The Morgan fingerprint density at radius 3 is 2.33 bits per heavy atom. The maximum atomic E-state index is 12.1. The van der Waals surface area contributed by atoms with E-state index in [9.17, 15) is 13.2 Å². The molecule has 18 heavy (non-hydrogen) atoms. The quantitative estimate of drug-likeness (QED) is 0.719. The summed E-state index contributed by atoms with van der Waals surface area (Å²) < 4.78 is 40.3. The number of hydrogen-bond donors (Lipinski definition) is 3. The van der Waals surface area contributed by atoms with Crippen LogP contribution in [0.15, 0.2) is 24.3 Å². The molecule has 0 saturated carbocycles. The van der Waals surface area contributed by atoms with E-state index < -0.39 is 12.4 Å². The Hall–Kier alpha value is -1.31. The molecule has 1 aromatic rings. The van der Waals surface area contributed by atoms with Gasteiger partial charge in [0.25, 0.3) is 0 Å². The number of rotatable bonds is 6. The van der Waals surface area contributed by atoms with Crippen LogP contribution in [0, 0.1) is 0 Å². The Labute approximate surface area is 102 Å². The summed E-state index contributed by atoms with van der Waals surface area (Å²) in [5, 5.41) is 20.4. The van der Waals surface area contributed by atoms with Gasteiger partial charge < -0.3 is 20.3 Å². The fourth-order valence-corrected chi connectivity index (χ4v) is 1.32. The molecule has 0 radical (unpaired) electrons. The van der Waals surface area contributed by atoms with Crippen LogP contribution in [0.1, 0.15) is 5.56 Å². The Morgan fingerprint density at radius 1 is 1.17 bits per heavy atom. The zero-order chi connectivity index (χ0) is 13.6. The summed E-state index contributed by atoms with van der Waals surface area (Å²) in [6.07, 6.45) is -4.75. The molecule has 102 valence electrons. The van der Waals surface area contributed by atoms with Crippen molar-refractivity contribution < 1.29 is 28.1 Å². The first-order valence-corrected chi connectivity index (χ1v) is 5.25. The predicted octanol–water partition coefficient (Wildman–Crippen LogP) is 1.03. The van der Waals surface area contributed by atoms with Gasteiger partial charge in [-0.25, -0.2) is 0 Å². The first kappa shape index (κ1) is 14.7. The van der Waals surface area contributed by atoms with Gasteiger partial charge >= 0.3 is 6.36 Å². The summed E-state index contributed by atoms with van der Waals surface area (Å²) in [4.78, 5) is 0. The van der Waals surface area contributed by atoms with Gasteiger partial charge in [-0.3, -0.25) is 0 Å². The molecule has 0 unspecified atom stereocenters. The molecule has 0 amide bonds. The average molecular weight is 265 g/mol. The van der Waals surface area contributed by atoms with E-state index in [1.165, 1.54) is 18.2 Å². The summed E-state index contributed by atoms with van der Waals surface area (Å²) in [7, 11) is 0. The van der Waals surface area contributed by atoms with Crippen LogP contribution >= 0.6 is 0 Å². The zero-order valence-electron chi connectivity index (χ0n) is 9.44. The van der Waals surface area contributed by atoms with Gasteiger partial charge in [0.15, 0.2) is 0 Å². The highest BCUT2D eigenvalue weighted by molar-refractivity contribution is 5.33. The van der Waals surface area contributed by atoms with Gasteiger partial charge in [-0.1, -0.05) is 18.2 Å². The third-order valence-corrected chi connectivity index (χ3v) is 2.22. The maximum absolute atomic E-state index is 12.1. The van der Waals surface area contributed by atoms with E-state index in [0.29, 0.717) is 5.56 Å². The Kier molecular flexibility index (Phi) is 5.39. The predicted molar refractivity (Wildman–Crippen MR) is 57.9 cm³/mol. The van der Waals surface area contributed by atoms with Gasteiger partial charge in [0, 0.05) is 12.1 Å². The SMILES string of the molecule is OCC(CO)NCc1ccccc1OC(F)(F)F. The van der Waals surface area contributed by atoms with Gasteiger partial charge in [0.2, 0.25) is 0 Å². The minimum atomic E-state index is -4.75. The molecule has 0 aliphatic rings. The van der Waals surface area contributed by atoms with Crippen LogP contribution < -0.4 is 10.1 Å². The summed E-state index contributed by atoms with van der Waals surface area (Å²) in [5.41, 5.74) is 0.293. The molecule has 0 aliphatic heterocycles. The van der Waals surface area contributed by atoms with Crippen molar-refractivity contribution in [2.75, 3.05) is 13.2 Å². The summed E-state index contributed by atoms with van der Waals surface area (Å²) in [6.45, 7) is -0.560. The maximum Gasteiger partial charge on any atom is 0.573 e. The van der Waals surface area contributed by atoms with Gasteiger partial charge in [-0.15, -0.1) is 13.2 Å². The molecule has 0 fully saturated rings. The lowest BCUT2D eigenvalue weighted by atomic mass is 10.2. The molecule has 0 aromatic heterocycles. The number of aliphatic hydroxyl groups excluding tert-OH is 2. The lowest BCUT2D eigenvalue weighted by Gasteiger charge is -2.16. The Balaban J connectivity index is 2.70. The fraction of sp³-hybridized carbons (Fsp3) is 0.455. The van der Waals surface area contributed by atoms with Crippen molar-refractivity contribution in [3.63, 3.8) is 0 Å². The molecular formula is C11H14F3NO3. The van der Waals surface area contributed by atoms with Crippen molar-refractivity contribution in [3.8, 4) is 5.75 Å². The zero-order valence-corrected chi connectivity index (χ0v) is 9.44. The lowest BCUT2D eigenvalue weighted by molar-refractivity contribution is -0.274. The first-order chi connectivity index (χ1) is 8.46. The van der Waals surface area contributed by atoms with Crippen LogP contribution in [0.25, 0.3) is 0 Å². The minimum absolute atomic E-state index is 0.0536.